The molecule has 7 heteroatoms. The molecule has 0 radical (unpaired) electrons. The van der Waals surface area contributed by atoms with Crippen LogP contribution in [0.25, 0.3) is 0 Å². The van der Waals surface area contributed by atoms with E-state index in [1.54, 1.807) is 4.90 Å². The van der Waals surface area contributed by atoms with E-state index in [4.69, 9.17) is 0 Å². The van der Waals surface area contributed by atoms with Crippen molar-refractivity contribution in [3.8, 4) is 0 Å². The number of urea groups is 1. The van der Waals surface area contributed by atoms with Gasteiger partial charge in [0.25, 0.3) is 0 Å². The quantitative estimate of drug-likeness (QED) is 0.823. The van der Waals surface area contributed by atoms with Crippen LogP contribution < -0.4 is 10.0 Å². The van der Waals surface area contributed by atoms with Gasteiger partial charge in [-0.25, -0.2) is 17.9 Å². The second-order valence-corrected chi connectivity index (χ2v) is 8.36. The van der Waals surface area contributed by atoms with Crippen molar-refractivity contribution in [2.24, 2.45) is 5.92 Å². The molecule has 2 N–H and O–H groups in total. The van der Waals surface area contributed by atoms with Crippen LogP contribution in [0.3, 0.4) is 0 Å². The highest BCUT2D eigenvalue weighted by Crippen LogP contribution is 2.23. The van der Waals surface area contributed by atoms with Gasteiger partial charge in [-0.1, -0.05) is 6.92 Å². The Morgan fingerprint density at radius 1 is 1.10 bits per heavy atom. The molecule has 2 rings (SSSR count). The monoisotopic (exact) mass is 317 g/mol. The maximum atomic E-state index is 12.3. The molecule has 6 nitrogen and oxygen atoms in total. The number of hydrogen-bond donors (Lipinski definition) is 2. The van der Waals surface area contributed by atoms with Crippen LogP contribution >= 0.6 is 0 Å². The molecule has 21 heavy (non-hydrogen) atoms. The molecule has 1 heterocycles. The highest BCUT2D eigenvalue weighted by atomic mass is 32.2. The number of rotatable bonds is 3. The molecule has 0 spiro atoms. The first-order valence-corrected chi connectivity index (χ1v) is 9.75. The first-order chi connectivity index (χ1) is 9.83. The van der Waals surface area contributed by atoms with Crippen LogP contribution in [0, 0.1) is 5.92 Å². The lowest BCUT2D eigenvalue weighted by Crippen LogP contribution is -2.53. The first-order valence-electron chi connectivity index (χ1n) is 7.86. The van der Waals surface area contributed by atoms with Crippen molar-refractivity contribution in [3.05, 3.63) is 0 Å². The lowest BCUT2D eigenvalue weighted by molar-refractivity contribution is 0.169. The minimum atomic E-state index is -3.21. The molecule has 0 unspecified atom stereocenters. The summed E-state index contributed by atoms with van der Waals surface area (Å²) in [6.07, 6.45) is 7.22. The van der Waals surface area contributed by atoms with Crippen molar-refractivity contribution < 1.29 is 13.2 Å². The third-order valence-corrected chi connectivity index (χ3v) is 5.19. The maximum Gasteiger partial charge on any atom is 0.317 e. The molecule has 0 bridgehead atoms. The Hall–Kier alpha value is -0.820. The Morgan fingerprint density at radius 2 is 1.76 bits per heavy atom. The lowest BCUT2D eigenvalue weighted by atomic mass is 9.87. The van der Waals surface area contributed by atoms with Crippen molar-refractivity contribution in [3.63, 3.8) is 0 Å². The van der Waals surface area contributed by atoms with Gasteiger partial charge in [0, 0.05) is 25.2 Å². The topological polar surface area (TPSA) is 78.5 Å². The van der Waals surface area contributed by atoms with Gasteiger partial charge in [0.1, 0.15) is 0 Å². The molecule has 0 aromatic rings. The van der Waals surface area contributed by atoms with Gasteiger partial charge in [-0.15, -0.1) is 0 Å². The second kappa shape index (κ2) is 6.96. The number of carbonyl (C=O) groups excluding carboxylic acids is 1. The van der Waals surface area contributed by atoms with E-state index >= 15 is 0 Å². The summed E-state index contributed by atoms with van der Waals surface area (Å²) in [7, 11) is -3.21. The van der Waals surface area contributed by atoms with Crippen LogP contribution in [0.15, 0.2) is 0 Å². The Morgan fingerprint density at radius 3 is 2.38 bits per heavy atom. The molecular weight excluding hydrogens is 290 g/mol. The van der Waals surface area contributed by atoms with Crippen molar-refractivity contribution in [1.82, 2.24) is 14.9 Å². The van der Waals surface area contributed by atoms with Gasteiger partial charge in [0.2, 0.25) is 10.0 Å². The minimum absolute atomic E-state index is 0.0467. The third kappa shape index (κ3) is 5.47. The highest BCUT2D eigenvalue weighted by Gasteiger charge is 2.27. The number of carbonyl (C=O) groups is 1. The number of nitrogens with zero attached hydrogens (tertiary/aromatic N) is 1. The zero-order valence-electron chi connectivity index (χ0n) is 13.0. The zero-order chi connectivity index (χ0) is 15.5. The molecule has 1 saturated carbocycles. The van der Waals surface area contributed by atoms with E-state index in [9.17, 15) is 13.2 Å². The van der Waals surface area contributed by atoms with E-state index in [2.05, 4.69) is 17.0 Å². The van der Waals surface area contributed by atoms with Crippen molar-refractivity contribution >= 4 is 16.1 Å². The average Bonchev–Trinajstić information content (AvgIpc) is 2.40. The molecule has 1 saturated heterocycles. The molecule has 0 aromatic carbocycles. The fourth-order valence-corrected chi connectivity index (χ4v) is 4.03. The molecule has 1 atom stereocenters. The van der Waals surface area contributed by atoms with E-state index in [-0.39, 0.29) is 18.1 Å². The zero-order valence-corrected chi connectivity index (χ0v) is 13.8. The van der Waals surface area contributed by atoms with E-state index in [1.165, 1.54) is 12.8 Å². The molecule has 122 valence electrons. The van der Waals surface area contributed by atoms with Crippen molar-refractivity contribution in [1.29, 1.82) is 0 Å². The van der Waals surface area contributed by atoms with E-state index in [0.717, 1.165) is 37.9 Å². The number of amides is 2. The summed E-state index contributed by atoms with van der Waals surface area (Å²) in [6.45, 7) is 3.42. The summed E-state index contributed by atoms with van der Waals surface area (Å²) >= 11 is 0. The summed E-state index contributed by atoms with van der Waals surface area (Å²) in [5.74, 6) is 0.761. The van der Waals surface area contributed by atoms with Gasteiger partial charge in [-0.05, 0) is 44.4 Å². The number of sulfonamides is 1. The molecule has 2 aliphatic rings. The van der Waals surface area contributed by atoms with Crippen molar-refractivity contribution in [2.45, 2.75) is 57.5 Å². The number of likely N-dealkylation sites (tertiary alicyclic amines) is 1. The van der Waals surface area contributed by atoms with Gasteiger partial charge < -0.3 is 10.2 Å². The predicted molar refractivity (Wildman–Crippen MR) is 82.5 cm³/mol. The fraction of sp³-hybridized carbons (Fsp3) is 0.929. The molecule has 2 amide bonds. The summed E-state index contributed by atoms with van der Waals surface area (Å²) < 4.78 is 25.2. The summed E-state index contributed by atoms with van der Waals surface area (Å²) in [5.41, 5.74) is 0. The Balaban J connectivity index is 1.81. The van der Waals surface area contributed by atoms with Crippen LogP contribution in [-0.4, -0.2) is 50.8 Å². The van der Waals surface area contributed by atoms with Crippen LogP contribution in [-0.2, 0) is 10.0 Å². The molecule has 1 aliphatic carbocycles. The molecule has 1 aliphatic heterocycles. The van der Waals surface area contributed by atoms with E-state index in [0.29, 0.717) is 13.1 Å². The van der Waals surface area contributed by atoms with Gasteiger partial charge in [-0.2, -0.15) is 0 Å². The SMILES string of the molecule is CC1CCC(NC(=O)N2CCC[C@@H](NS(C)(=O)=O)C2)CC1. The number of piperidine rings is 1. The summed E-state index contributed by atoms with van der Waals surface area (Å²) in [4.78, 5) is 14.0. The van der Waals surface area contributed by atoms with E-state index in [1.807, 2.05) is 0 Å². The second-order valence-electron chi connectivity index (χ2n) is 6.58. The lowest BCUT2D eigenvalue weighted by Gasteiger charge is -2.35. The minimum Gasteiger partial charge on any atom is -0.335 e. The van der Waals surface area contributed by atoms with Gasteiger partial charge in [-0.3, -0.25) is 0 Å². The average molecular weight is 317 g/mol. The fourth-order valence-electron chi connectivity index (χ4n) is 3.23. The normalized spacial score (nSPS) is 31.0. The summed E-state index contributed by atoms with van der Waals surface area (Å²) in [6, 6.07) is 0.0670. The predicted octanol–water partition coefficient (Wildman–Crippen LogP) is 1.29. The van der Waals surface area contributed by atoms with Crippen LogP contribution in [0.5, 0.6) is 0 Å². The maximum absolute atomic E-state index is 12.3. The largest absolute Gasteiger partial charge is 0.335 e. The number of hydrogen-bond acceptors (Lipinski definition) is 3. The Labute approximate surface area is 127 Å². The third-order valence-electron chi connectivity index (χ3n) is 4.43. The van der Waals surface area contributed by atoms with Crippen LogP contribution in [0.2, 0.25) is 0 Å². The Kier molecular flexibility index (Phi) is 5.48. The summed E-state index contributed by atoms with van der Waals surface area (Å²) in [5, 5.41) is 3.10. The standard InChI is InChI=1S/C14H27N3O3S/c1-11-5-7-12(8-6-11)15-14(18)17-9-3-4-13(10-17)16-21(2,19)20/h11-13,16H,3-10H2,1-2H3,(H,15,18)/t11?,12?,13-/m1/s1. The Bertz CT molecular complexity index is 458. The van der Waals surface area contributed by atoms with E-state index < -0.39 is 10.0 Å². The van der Waals surface area contributed by atoms with Gasteiger partial charge in [0.15, 0.2) is 0 Å². The molecule has 0 aromatic heterocycles. The van der Waals surface area contributed by atoms with Crippen LogP contribution in [0.1, 0.15) is 45.4 Å². The van der Waals surface area contributed by atoms with Gasteiger partial charge in [0.05, 0.1) is 6.26 Å². The van der Waals surface area contributed by atoms with Gasteiger partial charge >= 0.3 is 6.03 Å². The first kappa shape index (κ1) is 16.5. The highest BCUT2D eigenvalue weighted by molar-refractivity contribution is 7.88. The molecule has 2 fully saturated rings. The smallest absolute Gasteiger partial charge is 0.317 e. The van der Waals surface area contributed by atoms with Crippen molar-refractivity contribution in [2.75, 3.05) is 19.3 Å². The molecular formula is C14H27N3O3S. The number of nitrogens with one attached hydrogen (secondary N) is 2. The van der Waals surface area contributed by atoms with Crippen LogP contribution in [0.4, 0.5) is 4.79 Å².